The van der Waals surface area contributed by atoms with Crippen molar-refractivity contribution < 1.29 is 39.9 Å². The van der Waals surface area contributed by atoms with Crippen LogP contribution in [0, 0.1) is 11.6 Å². The minimum atomic E-state index is -5.10. The molecule has 0 aliphatic rings. The minimum absolute atomic E-state index is 0.0465. The van der Waals surface area contributed by atoms with Crippen molar-refractivity contribution in [1.29, 1.82) is 0 Å². The standard InChI is InChI=1S/C18H9F8N3O/c19-12-6-1-9(7-13(12)20)16(30)27-10-2-4-11(5-3-10)29-15(18(24,25)26)8-14(28-29)17(21,22)23/h1-8H,(H,27,30). The quantitative estimate of drug-likeness (QED) is 0.557. The highest BCUT2D eigenvalue weighted by Crippen LogP contribution is 2.36. The molecule has 0 fully saturated rings. The molecule has 0 radical (unpaired) electrons. The van der Waals surface area contributed by atoms with Gasteiger partial charge in [0.05, 0.1) is 5.69 Å². The lowest BCUT2D eigenvalue weighted by atomic mass is 10.2. The van der Waals surface area contributed by atoms with E-state index < -0.39 is 41.3 Å². The highest BCUT2D eigenvalue weighted by molar-refractivity contribution is 6.04. The van der Waals surface area contributed by atoms with Crippen LogP contribution in [-0.4, -0.2) is 15.7 Å². The second kappa shape index (κ2) is 7.43. The summed E-state index contributed by atoms with van der Waals surface area (Å²) in [6.07, 6.45) is -10.2. The van der Waals surface area contributed by atoms with Crippen LogP contribution in [0.5, 0.6) is 0 Å². The number of amides is 1. The average Bonchev–Trinajstić information content (AvgIpc) is 3.11. The van der Waals surface area contributed by atoms with Crippen molar-refractivity contribution in [3.05, 3.63) is 77.1 Å². The van der Waals surface area contributed by atoms with E-state index in [1.165, 1.54) is 0 Å². The Kier molecular flexibility index (Phi) is 5.27. The fourth-order valence-corrected chi connectivity index (χ4v) is 2.44. The van der Waals surface area contributed by atoms with Crippen LogP contribution in [0.3, 0.4) is 0 Å². The number of alkyl halides is 6. The summed E-state index contributed by atoms with van der Waals surface area (Å²) in [4.78, 5) is 12.0. The zero-order valence-corrected chi connectivity index (χ0v) is 14.4. The van der Waals surface area contributed by atoms with E-state index in [-0.39, 0.29) is 27.7 Å². The SMILES string of the molecule is O=C(Nc1ccc(-n2nc(C(F)(F)F)cc2C(F)(F)F)cc1)c1ccc(F)c(F)c1. The monoisotopic (exact) mass is 435 g/mol. The molecule has 12 heteroatoms. The molecule has 30 heavy (non-hydrogen) atoms. The van der Waals surface area contributed by atoms with Crippen LogP contribution >= 0.6 is 0 Å². The van der Waals surface area contributed by atoms with Crippen LogP contribution in [0.25, 0.3) is 5.69 Å². The number of halogens is 8. The molecule has 0 unspecified atom stereocenters. The Bertz CT molecular complexity index is 1080. The van der Waals surface area contributed by atoms with E-state index in [0.717, 1.165) is 36.4 Å². The number of anilines is 1. The lowest BCUT2D eigenvalue weighted by molar-refractivity contribution is -0.143. The first-order valence-corrected chi connectivity index (χ1v) is 7.97. The predicted octanol–water partition coefficient (Wildman–Crippen LogP) is 5.44. The van der Waals surface area contributed by atoms with Crippen molar-refractivity contribution in [3.8, 4) is 5.69 Å². The minimum Gasteiger partial charge on any atom is -0.322 e. The van der Waals surface area contributed by atoms with Gasteiger partial charge in [0.25, 0.3) is 5.91 Å². The van der Waals surface area contributed by atoms with Gasteiger partial charge in [-0.05, 0) is 42.5 Å². The van der Waals surface area contributed by atoms with E-state index in [4.69, 9.17) is 0 Å². The topological polar surface area (TPSA) is 46.9 Å². The Balaban J connectivity index is 1.88. The molecular weight excluding hydrogens is 426 g/mol. The molecule has 0 aliphatic heterocycles. The second-order valence-corrected chi connectivity index (χ2v) is 5.95. The van der Waals surface area contributed by atoms with Gasteiger partial charge in [-0.1, -0.05) is 0 Å². The van der Waals surface area contributed by atoms with Gasteiger partial charge in [0.2, 0.25) is 0 Å². The third kappa shape index (κ3) is 4.42. The Morgan fingerprint density at radius 3 is 2.00 bits per heavy atom. The summed E-state index contributed by atoms with van der Waals surface area (Å²) < 4.78 is 104. The Labute approximate surface area is 162 Å². The number of carbonyl (C=O) groups excluding carboxylic acids is 1. The normalized spacial score (nSPS) is 12.1. The molecule has 4 nitrogen and oxygen atoms in total. The average molecular weight is 435 g/mol. The van der Waals surface area contributed by atoms with Crippen LogP contribution in [0.1, 0.15) is 21.7 Å². The summed E-state index contributed by atoms with van der Waals surface area (Å²) in [7, 11) is 0. The zero-order valence-electron chi connectivity index (χ0n) is 14.4. The van der Waals surface area contributed by atoms with Crippen LogP contribution in [0.2, 0.25) is 0 Å². The molecule has 1 N–H and O–H groups in total. The van der Waals surface area contributed by atoms with Gasteiger partial charge in [-0.15, -0.1) is 0 Å². The third-order valence-electron chi connectivity index (χ3n) is 3.84. The summed E-state index contributed by atoms with van der Waals surface area (Å²) in [6.45, 7) is 0. The van der Waals surface area contributed by atoms with E-state index in [0.29, 0.717) is 6.07 Å². The molecule has 0 atom stereocenters. The third-order valence-corrected chi connectivity index (χ3v) is 3.84. The van der Waals surface area contributed by atoms with Crippen molar-refractivity contribution in [3.63, 3.8) is 0 Å². The molecule has 2 aromatic carbocycles. The molecule has 0 bridgehead atoms. The Morgan fingerprint density at radius 2 is 1.47 bits per heavy atom. The maximum Gasteiger partial charge on any atom is 0.435 e. The van der Waals surface area contributed by atoms with E-state index >= 15 is 0 Å². The Morgan fingerprint density at radius 1 is 0.833 bits per heavy atom. The molecule has 1 aromatic heterocycles. The summed E-state index contributed by atoms with van der Waals surface area (Å²) >= 11 is 0. The molecular formula is C18H9F8N3O. The number of aromatic nitrogens is 2. The highest BCUT2D eigenvalue weighted by Gasteiger charge is 2.42. The van der Waals surface area contributed by atoms with Gasteiger partial charge in [0.1, 0.15) is 5.69 Å². The molecule has 0 aliphatic carbocycles. The van der Waals surface area contributed by atoms with Gasteiger partial charge in [-0.25, -0.2) is 13.5 Å². The second-order valence-electron chi connectivity index (χ2n) is 5.95. The van der Waals surface area contributed by atoms with Crippen LogP contribution in [0.15, 0.2) is 48.5 Å². The van der Waals surface area contributed by atoms with Crippen molar-refractivity contribution in [2.75, 3.05) is 5.32 Å². The van der Waals surface area contributed by atoms with E-state index in [2.05, 4.69) is 10.4 Å². The van der Waals surface area contributed by atoms with Gasteiger partial charge in [-0.2, -0.15) is 31.4 Å². The maximum absolute atomic E-state index is 13.2. The van der Waals surface area contributed by atoms with Crippen molar-refractivity contribution in [2.24, 2.45) is 0 Å². The number of hydrogen-bond acceptors (Lipinski definition) is 2. The zero-order chi connectivity index (χ0) is 22.3. The lowest BCUT2D eigenvalue weighted by Gasteiger charge is -2.11. The smallest absolute Gasteiger partial charge is 0.322 e. The first kappa shape index (κ1) is 21.3. The van der Waals surface area contributed by atoms with Gasteiger partial charge < -0.3 is 5.32 Å². The first-order valence-electron chi connectivity index (χ1n) is 7.97. The number of nitrogens with one attached hydrogen (secondary N) is 1. The fourth-order valence-electron chi connectivity index (χ4n) is 2.44. The molecule has 3 aromatic rings. The molecule has 0 saturated carbocycles. The molecule has 158 valence electrons. The number of benzene rings is 2. The van der Waals surface area contributed by atoms with E-state index in [1.54, 1.807) is 0 Å². The maximum atomic E-state index is 13.2. The Hall–Kier alpha value is -3.44. The highest BCUT2D eigenvalue weighted by atomic mass is 19.4. The number of nitrogens with zero attached hydrogens (tertiary/aromatic N) is 2. The number of carbonyl (C=O) groups is 1. The van der Waals surface area contributed by atoms with E-state index in [1.807, 2.05) is 0 Å². The van der Waals surface area contributed by atoms with Crippen molar-refractivity contribution in [1.82, 2.24) is 9.78 Å². The van der Waals surface area contributed by atoms with Crippen LogP contribution in [0.4, 0.5) is 40.8 Å². The van der Waals surface area contributed by atoms with Gasteiger partial charge in [0, 0.05) is 17.3 Å². The van der Waals surface area contributed by atoms with Crippen molar-refractivity contribution in [2.45, 2.75) is 12.4 Å². The molecule has 3 rings (SSSR count). The largest absolute Gasteiger partial charge is 0.435 e. The molecule has 1 heterocycles. The fraction of sp³-hybridized carbons (Fsp3) is 0.111. The summed E-state index contributed by atoms with van der Waals surface area (Å²) in [5.74, 6) is -3.25. The van der Waals surface area contributed by atoms with Crippen LogP contribution in [-0.2, 0) is 12.4 Å². The number of hydrogen-bond donors (Lipinski definition) is 1. The summed E-state index contributed by atoms with van der Waals surface area (Å²) in [6, 6.07) is 6.52. The van der Waals surface area contributed by atoms with Gasteiger partial charge in [0.15, 0.2) is 17.3 Å². The predicted molar refractivity (Wildman–Crippen MR) is 87.9 cm³/mol. The molecule has 0 spiro atoms. The van der Waals surface area contributed by atoms with E-state index in [9.17, 15) is 39.9 Å². The van der Waals surface area contributed by atoms with Crippen molar-refractivity contribution >= 4 is 11.6 Å². The number of rotatable bonds is 3. The van der Waals surface area contributed by atoms with Gasteiger partial charge in [-0.3, -0.25) is 4.79 Å². The summed E-state index contributed by atoms with van der Waals surface area (Å²) in [5.41, 5.74) is -3.87. The lowest BCUT2D eigenvalue weighted by Crippen LogP contribution is -2.14. The molecule has 0 saturated heterocycles. The summed E-state index contributed by atoms with van der Waals surface area (Å²) in [5, 5.41) is 5.28. The first-order chi connectivity index (χ1) is 13.9. The molecule has 1 amide bonds. The van der Waals surface area contributed by atoms with Gasteiger partial charge >= 0.3 is 12.4 Å². The van der Waals surface area contributed by atoms with Crippen LogP contribution < -0.4 is 5.32 Å².